The predicted octanol–water partition coefficient (Wildman–Crippen LogP) is 1.96. The summed E-state index contributed by atoms with van der Waals surface area (Å²) in [6.45, 7) is 3.62. The second kappa shape index (κ2) is 7.86. The smallest absolute Gasteiger partial charge is 0.270 e. The molecule has 3 rings (SSSR count). The van der Waals surface area contributed by atoms with Gasteiger partial charge in [-0.1, -0.05) is 6.07 Å². The molecule has 0 saturated carbocycles. The second-order valence-electron chi connectivity index (χ2n) is 6.28. The van der Waals surface area contributed by atoms with Gasteiger partial charge >= 0.3 is 0 Å². The van der Waals surface area contributed by atoms with Gasteiger partial charge in [-0.3, -0.25) is 14.4 Å². The van der Waals surface area contributed by atoms with E-state index >= 15 is 0 Å². The van der Waals surface area contributed by atoms with Gasteiger partial charge in [0, 0.05) is 50.6 Å². The van der Waals surface area contributed by atoms with E-state index in [4.69, 9.17) is 0 Å². The molecule has 7 heteroatoms. The Morgan fingerprint density at radius 2 is 1.69 bits per heavy atom. The lowest BCUT2D eigenvalue weighted by Crippen LogP contribution is -2.37. The number of amides is 3. The Morgan fingerprint density at radius 1 is 0.962 bits per heavy atom. The molecule has 0 bridgehead atoms. The zero-order valence-corrected chi connectivity index (χ0v) is 14.7. The highest BCUT2D eigenvalue weighted by molar-refractivity contribution is 5.97. The monoisotopic (exact) mass is 354 g/mol. The summed E-state index contributed by atoms with van der Waals surface area (Å²) in [5.74, 6) is -0.314. The van der Waals surface area contributed by atoms with Crippen molar-refractivity contribution in [1.29, 1.82) is 0 Å². The highest BCUT2D eigenvalue weighted by atomic mass is 16.2. The van der Waals surface area contributed by atoms with Crippen molar-refractivity contribution in [2.45, 2.75) is 13.3 Å². The Morgan fingerprint density at radius 3 is 2.35 bits per heavy atom. The molecule has 2 heterocycles. The van der Waals surface area contributed by atoms with E-state index in [1.54, 1.807) is 52.4 Å². The number of aromatic amines is 1. The van der Waals surface area contributed by atoms with Crippen LogP contribution in [-0.4, -0.2) is 58.7 Å². The molecule has 1 fully saturated rings. The lowest BCUT2D eigenvalue weighted by molar-refractivity contribution is -0.114. The second-order valence-corrected chi connectivity index (χ2v) is 6.28. The molecule has 1 aliphatic rings. The first-order valence-electron chi connectivity index (χ1n) is 8.64. The van der Waals surface area contributed by atoms with Gasteiger partial charge in [-0.05, 0) is 36.8 Å². The van der Waals surface area contributed by atoms with Crippen molar-refractivity contribution >= 4 is 23.4 Å². The van der Waals surface area contributed by atoms with E-state index in [0.717, 1.165) is 6.42 Å². The molecule has 0 unspecified atom stereocenters. The standard InChI is InChI=1S/C19H22N4O3/c1-14(24)21-16-6-2-5-15(13-16)18(25)22-9-4-10-23(12-11-22)19(26)17-7-3-8-20-17/h2-3,5-8,13,20H,4,9-12H2,1H3,(H,21,24). The normalized spacial score (nSPS) is 14.7. The molecule has 0 atom stereocenters. The minimum absolute atomic E-state index is 0.0445. The van der Waals surface area contributed by atoms with Crippen LogP contribution < -0.4 is 5.32 Å². The predicted molar refractivity (Wildman–Crippen MR) is 98.0 cm³/mol. The van der Waals surface area contributed by atoms with Gasteiger partial charge in [-0.25, -0.2) is 0 Å². The molecule has 1 aliphatic heterocycles. The summed E-state index contributed by atoms with van der Waals surface area (Å²) in [7, 11) is 0. The number of rotatable bonds is 3. The number of hydrogen-bond donors (Lipinski definition) is 2. The van der Waals surface area contributed by atoms with Crippen LogP contribution in [0.2, 0.25) is 0 Å². The molecule has 7 nitrogen and oxygen atoms in total. The molecular weight excluding hydrogens is 332 g/mol. The summed E-state index contributed by atoms with van der Waals surface area (Å²) in [4.78, 5) is 42.9. The molecule has 1 saturated heterocycles. The van der Waals surface area contributed by atoms with Gasteiger partial charge in [-0.15, -0.1) is 0 Å². The van der Waals surface area contributed by atoms with E-state index < -0.39 is 0 Å². The van der Waals surface area contributed by atoms with Gasteiger partial charge in [0.25, 0.3) is 11.8 Å². The minimum atomic E-state index is -0.178. The summed E-state index contributed by atoms with van der Waals surface area (Å²) in [6, 6.07) is 10.5. The highest BCUT2D eigenvalue weighted by Crippen LogP contribution is 2.15. The van der Waals surface area contributed by atoms with Crippen molar-refractivity contribution in [2.75, 3.05) is 31.5 Å². The summed E-state index contributed by atoms with van der Waals surface area (Å²) in [5.41, 5.74) is 1.69. The SMILES string of the molecule is CC(=O)Nc1cccc(C(=O)N2CCCN(C(=O)c3ccc[nH]3)CC2)c1. The highest BCUT2D eigenvalue weighted by Gasteiger charge is 2.24. The summed E-state index contributed by atoms with van der Waals surface area (Å²) in [5, 5.41) is 2.69. The van der Waals surface area contributed by atoms with E-state index in [-0.39, 0.29) is 17.7 Å². The first kappa shape index (κ1) is 17.7. The largest absolute Gasteiger partial charge is 0.357 e. The molecule has 0 radical (unpaired) electrons. The number of H-pyrrole nitrogens is 1. The van der Waals surface area contributed by atoms with Crippen LogP contribution >= 0.6 is 0 Å². The number of carbonyl (C=O) groups excluding carboxylic acids is 3. The van der Waals surface area contributed by atoms with E-state index in [1.165, 1.54) is 6.92 Å². The van der Waals surface area contributed by atoms with Crippen LogP contribution in [0.3, 0.4) is 0 Å². The van der Waals surface area contributed by atoms with Crippen molar-refractivity contribution in [3.05, 3.63) is 53.9 Å². The molecule has 0 aliphatic carbocycles. The van der Waals surface area contributed by atoms with Crippen LogP contribution in [0, 0.1) is 0 Å². The fraction of sp³-hybridized carbons (Fsp3) is 0.316. The Kier molecular flexibility index (Phi) is 5.36. The van der Waals surface area contributed by atoms with E-state index in [1.807, 2.05) is 0 Å². The average Bonchev–Trinajstić information content (AvgIpc) is 3.05. The molecule has 1 aromatic heterocycles. The van der Waals surface area contributed by atoms with Crippen LogP contribution in [-0.2, 0) is 4.79 Å². The molecule has 2 aromatic rings. The molecule has 1 aromatic carbocycles. The number of benzene rings is 1. The van der Waals surface area contributed by atoms with Gasteiger partial charge in [0.15, 0.2) is 0 Å². The fourth-order valence-corrected chi connectivity index (χ4v) is 3.07. The first-order valence-corrected chi connectivity index (χ1v) is 8.64. The topological polar surface area (TPSA) is 85.5 Å². The third kappa shape index (κ3) is 4.11. The van der Waals surface area contributed by atoms with Gasteiger partial charge in [0.2, 0.25) is 5.91 Å². The maximum absolute atomic E-state index is 12.8. The minimum Gasteiger partial charge on any atom is -0.357 e. The number of hydrogen-bond acceptors (Lipinski definition) is 3. The van der Waals surface area contributed by atoms with Gasteiger partial charge < -0.3 is 20.1 Å². The Labute approximate surface area is 152 Å². The summed E-state index contributed by atoms with van der Waals surface area (Å²) < 4.78 is 0. The number of nitrogens with one attached hydrogen (secondary N) is 2. The summed E-state index contributed by atoms with van der Waals surface area (Å²) >= 11 is 0. The number of aromatic nitrogens is 1. The molecule has 136 valence electrons. The maximum atomic E-state index is 12.8. The molecule has 2 N–H and O–H groups in total. The quantitative estimate of drug-likeness (QED) is 0.883. The van der Waals surface area contributed by atoms with E-state index in [9.17, 15) is 14.4 Å². The Bertz CT molecular complexity index is 801. The number of anilines is 1. The van der Waals surface area contributed by atoms with Crippen LogP contribution in [0.5, 0.6) is 0 Å². The molecule has 3 amide bonds. The van der Waals surface area contributed by atoms with E-state index in [2.05, 4.69) is 10.3 Å². The lowest BCUT2D eigenvalue weighted by atomic mass is 10.1. The maximum Gasteiger partial charge on any atom is 0.270 e. The van der Waals surface area contributed by atoms with Crippen LogP contribution in [0.15, 0.2) is 42.6 Å². The molecule has 0 spiro atoms. The molecular formula is C19H22N4O3. The van der Waals surface area contributed by atoms with Gasteiger partial charge in [-0.2, -0.15) is 0 Å². The number of nitrogens with zero attached hydrogens (tertiary/aromatic N) is 2. The zero-order valence-electron chi connectivity index (χ0n) is 14.7. The zero-order chi connectivity index (χ0) is 18.5. The van der Waals surface area contributed by atoms with Crippen LogP contribution in [0.25, 0.3) is 0 Å². The lowest BCUT2D eigenvalue weighted by Gasteiger charge is -2.22. The Balaban J connectivity index is 1.66. The van der Waals surface area contributed by atoms with Crippen molar-refractivity contribution in [2.24, 2.45) is 0 Å². The average molecular weight is 354 g/mol. The van der Waals surface area contributed by atoms with Crippen molar-refractivity contribution in [3.8, 4) is 0 Å². The van der Waals surface area contributed by atoms with Gasteiger partial charge in [0.1, 0.15) is 5.69 Å². The van der Waals surface area contributed by atoms with Crippen molar-refractivity contribution in [1.82, 2.24) is 14.8 Å². The van der Waals surface area contributed by atoms with Crippen LogP contribution in [0.1, 0.15) is 34.2 Å². The third-order valence-electron chi connectivity index (χ3n) is 4.33. The Hall–Kier alpha value is -3.09. The van der Waals surface area contributed by atoms with E-state index in [0.29, 0.717) is 43.1 Å². The molecule has 26 heavy (non-hydrogen) atoms. The van der Waals surface area contributed by atoms with Gasteiger partial charge in [0.05, 0.1) is 0 Å². The van der Waals surface area contributed by atoms with Crippen molar-refractivity contribution in [3.63, 3.8) is 0 Å². The summed E-state index contributed by atoms with van der Waals surface area (Å²) in [6.07, 6.45) is 2.45. The van der Waals surface area contributed by atoms with Crippen LogP contribution in [0.4, 0.5) is 5.69 Å². The third-order valence-corrected chi connectivity index (χ3v) is 4.33. The first-order chi connectivity index (χ1) is 12.5. The fourth-order valence-electron chi connectivity index (χ4n) is 3.07. The number of carbonyl (C=O) groups is 3. The van der Waals surface area contributed by atoms with Crippen molar-refractivity contribution < 1.29 is 14.4 Å².